The van der Waals surface area contributed by atoms with E-state index in [-0.39, 0.29) is 5.54 Å². The summed E-state index contributed by atoms with van der Waals surface area (Å²) in [6, 6.07) is 0.616. The van der Waals surface area contributed by atoms with Crippen LogP contribution in [0.15, 0.2) is 0 Å². The largest absolute Gasteiger partial charge is 0.380 e. The maximum atomic E-state index is 5.51. The molecule has 1 aliphatic heterocycles. The molecular formula is C16H34N2O. The molecule has 2 unspecified atom stereocenters. The Morgan fingerprint density at radius 3 is 2.42 bits per heavy atom. The van der Waals surface area contributed by atoms with E-state index in [1.165, 1.54) is 19.3 Å². The second kappa shape index (κ2) is 7.05. The molecule has 2 atom stereocenters. The molecule has 0 aromatic rings. The van der Waals surface area contributed by atoms with Gasteiger partial charge < -0.3 is 15.0 Å². The third-order valence-corrected chi connectivity index (χ3v) is 4.06. The molecule has 0 spiro atoms. The first kappa shape index (κ1) is 16.9. The van der Waals surface area contributed by atoms with E-state index in [2.05, 4.69) is 51.9 Å². The summed E-state index contributed by atoms with van der Waals surface area (Å²) >= 11 is 0. The van der Waals surface area contributed by atoms with Gasteiger partial charge in [-0.15, -0.1) is 0 Å². The topological polar surface area (TPSA) is 24.5 Å². The van der Waals surface area contributed by atoms with Gasteiger partial charge in [0, 0.05) is 31.3 Å². The van der Waals surface area contributed by atoms with Gasteiger partial charge in [-0.1, -0.05) is 20.3 Å². The zero-order valence-corrected chi connectivity index (χ0v) is 13.9. The zero-order valence-electron chi connectivity index (χ0n) is 13.9. The maximum Gasteiger partial charge on any atom is 0.0622 e. The van der Waals surface area contributed by atoms with Gasteiger partial charge in [0.1, 0.15) is 0 Å². The molecule has 1 aliphatic rings. The van der Waals surface area contributed by atoms with Crippen LogP contribution in [0.1, 0.15) is 53.9 Å². The van der Waals surface area contributed by atoms with E-state index in [1.807, 2.05) is 0 Å². The van der Waals surface area contributed by atoms with Crippen molar-refractivity contribution in [1.82, 2.24) is 10.2 Å². The predicted molar refractivity (Wildman–Crippen MR) is 82.6 cm³/mol. The molecule has 0 aromatic heterocycles. The van der Waals surface area contributed by atoms with E-state index < -0.39 is 0 Å². The van der Waals surface area contributed by atoms with Crippen LogP contribution < -0.4 is 5.32 Å². The lowest BCUT2D eigenvalue weighted by atomic mass is 9.83. The van der Waals surface area contributed by atoms with E-state index in [0.29, 0.717) is 11.5 Å². The Balaban J connectivity index is 2.53. The smallest absolute Gasteiger partial charge is 0.0622 e. The Kier molecular flexibility index (Phi) is 6.28. The van der Waals surface area contributed by atoms with Gasteiger partial charge in [0.2, 0.25) is 0 Å². The van der Waals surface area contributed by atoms with Crippen molar-refractivity contribution in [2.24, 2.45) is 5.41 Å². The number of ether oxygens (including phenoxy) is 1. The van der Waals surface area contributed by atoms with Crippen molar-refractivity contribution in [3.8, 4) is 0 Å². The van der Waals surface area contributed by atoms with E-state index in [1.54, 1.807) is 0 Å². The number of likely N-dealkylation sites (N-methyl/N-ethyl adjacent to an activating group) is 1. The van der Waals surface area contributed by atoms with Gasteiger partial charge in [-0.3, -0.25) is 0 Å². The molecule has 1 N–H and O–H groups in total. The molecule has 1 rings (SSSR count). The van der Waals surface area contributed by atoms with Gasteiger partial charge in [-0.2, -0.15) is 0 Å². The van der Waals surface area contributed by atoms with Crippen LogP contribution in [0.25, 0.3) is 0 Å². The quantitative estimate of drug-likeness (QED) is 0.770. The van der Waals surface area contributed by atoms with E-state index in [0.717, 1.165) is 26.3 Å². The molecule has 3 heteroatoms. The van der Waals surface area contributed by atoms with E-state index >= 15 is 0 Å². The number of nitrogens with one attached hydrogen (secondary N) is 1. The molecule has 1 fully saturated rings. The summed E-state index contributed by atoms with van der Waals surface area (Å²) in [6.45, 7) is 15.5. The third-order valence-electron chi connectivity index (χ3n) is 4.06. The number of nitrogens with zero attached hydrogens (tertiary/aromatic N) is 1. The Morgan fingerprint density at radius 1 is 1.26 bits per heavy atom. The van der Waals surface area contributed by atoms with E-state index in [9.17, 15) is 0 Å². The monoisotopic (exact) mass is 270 g/mol. The lowest BCUT2D eigenvalue weighted by molar-refractivity contribution is 0.111. The average molecular weight is 270 g/mol. The first-order valence-electron chi connectivity index (χ1n) is 7.79. The van der Waals surface area contributed by atoms with Crippen LogP contribution in [-0.4, -0.2) is 49.8 Å². The van der Waals surface area contributed by atoms with Crippen molar-refractivity contribution in [2.45, 2.75) is 65.5 Å². The van der Waals surface area contributed by atoms with Gasteiger partial charge in [0.05, 0.1) is 6.61 Å². The fraction of sp³-hybridized carbons (Fsp3) is 1.00. The Morgan fingerprint density at radius 2 is 1.95 bits per heavy atom. The van der Waals surface area contributed by atoms with Crippen LogP contribution in [0.5, 0.6) is 0 Å². The highest BCUT2D eigenvalue weighted by Crippen LogP contribution is 2.26. The fourth-order valence-corrected chi connectivity index (χ4v) is 2.91. The molecular weight excluding hydrogens is 236 g/mol. The van der Waals surface area contributed by atoms with Crippen molar-refractivity contribution in [2.75, 3.05) is 33.4 Å². The second-order valence-corrected chi connectivity index (χ2v) is 7.60. The van der Waals surface area contributed by atoms with Crippen LogP contribution in [0.3, 0.4) is 0 Å². The molecule has 0 radical (unpaired) electrons. The Bertz CT molecular complexity index is 256. The van der Waals surface area contributed by atoms with Crippen LogP contribution >= 0.6 is 0 Å². The molecule has 114 valence electrons. The standard InChI is InChI=1S/C16H34N2O/c1-7-9-16(5,12-17-15(2,3)4)13-18(6)14-8-10-19-11-14/h14,17H,7-13H2,1-6H3. The van der Waals surface area contributed by atoms with Crippen molar-refractivity contribution in [3.05, 3.63) is 0 Å². The van der Waals surface area contributed by atoms with E-state index in [4.69, 9.17) is 4.74 Å². The highest BCUT2D eigenvalue weighted by molar-refractivity contribution is 4.86. The molecule has 0 bridgehead atoms. The molecule has 0 aliphatic carbocycles. The molecule has 19 heavy (non-hydrogen) atoms. The summed E-state index contributed by atoms with van der Waals surface area (Å²) in [5.74, 6) is 0. The average Bonchev–Trinajstić information content (AvgIpc) is 2.79. The van der Waals surface area contributed by atoms with Gasteiger partial charge in [-0.25, -0.2) is 0 Å². The first-order valence-corrected chi connectivity index (χ1v) is 7.79. The number of hydrogen-bond donors (Lipinski definition) is 1. The molecule has 0 saturated carbocycles. The minimum atomic E-state index is 0.198. The molecule has 0 amide bonds. The van der Waals surface area contributed by atoms with Crippen LogP contribution in [-0.2, 0) is 4.74 Å². The van der Waals surface area contributed by atoms with Crippen molar-refractivity contribution in [3.63, 3.8) is 0 Å². The minimum Gasteiger partial charge on any atom is -0.380 e. The lowest BCUT2D eigenvalue weighted by Crippen LogP contribution is -2.48. The molecule has 1 heterocycles. The predicted octanol–water partition coefficient (Wildman–Crippen LogP) is 2.90. The summed E-state index contributed by atoms with van der Waals surface area (Å²) in [7, 11) is 2.25. The van der Waals surface area contributed by atoms with Gasteiger partial charge in [-0.05, 0) is 46.1 Å². The number of hydrogen-bond acceptors (Lipinski definition) is 3. The third kappa shape index (κ3) is 6.24. The van der Waals surface area contributed by atoms with Gasteiger partial charge >= 0.3 is 0 Å². The van der Waals surface area contributed by atoms with Crippen molar-refractivity contribution < 1.29 is 4.74 Å². The van der Waals surface area contributed by atoms with Crippen LogP contribution in [0.2, 0.25) is 0 Å². The van der Waals surface area contributed by atoms with Crippen molar-refractivity contribution >= 4 is 0 Å². The highest BCUT2D eigenvalue weighted by Gasteiger charge is 2.30. The minimum absolute atomic E-state index is 0.198. The summed E-state index contributed by atoms with van der Waals surface area (Å²) in [6.07, 6.45) is 3.71. The van der Waals surface area contributed by atoms with Crippen LogP contribution in [0.4, 0.5) is 0 Å². The lowest BCUT2D eigenvalue weighted by Gasteiger charge is -2.38. The summed E-state index contributed by atoms with van der Waals surface area (Å²) in [5, 5.41) is 3.69. The highest BCUT2D eigenvalue weighted by atomic mass is 16.5. The van der Waals surface area contributed by atoms with Gasteiger partial charge in [0.15, 0.2) is 0 Å². The van der Waals surface area contributed by atoms with Crippen molar-refractivity contribution in [1.29, 1.82) is 0 Å². The van der Waals surface area contributed by atoms with Gasteiger partial charge in [0.25, 0.3) is 0 Å². The maximum absolute atomic E-state index is 5.51. The fourth-order valence-electron chi connectivity index (χ4n) is 2.91. The molecule has 1 saturated heterocycles. The Labute approximate surface area is 120 Å². The van der Waals surface area contributed by atoms with Crippen LogP contribution in [0, 0.1) is 5.41 Å². The zero-order chi connectivity index (χ0) is 14.5. The SMILES string of the molecule is CCCC(C)(CNC(C)(C)C)CN(C)C1CCOC1. The molecule has 0 aromatic carbocycles. The second-order valence-electron chi connectivity index (χ2n) is 7.60. The first-order chi connectivity index (χ1) is 8.76. The summed E-state index contributed by atoms with van der Waals surface area (Å²) in [5.41, 5.74) is 0.545. The summed E-state index contributed by atoms with van der Waals surface area (Å²) < 4.78 is 5.51. The Hall–Kier alpha value is -0.120. The number of rotatable bonds is 7. The normalized spacial score (nSPS) is 23.8. The summed E-state index contributed by atoms with van der Waals surface area (Å²) in [4.78, 5) is 2.51. The molecule has 3 nitrogen and oxygen atoms in total.